The van der Waals surface area contributed by atoms with Crippen LogP contribution in [0, 0.1) is 0 Å². The molecule has 0 amide bonds. The van der Waals surface area contributed by atoms with E-state index in [4.69, 9.17) is 5.73 Å². The van der Waals surface area contributed by atoms with E-state index in [-0.39, 0.29) is 0 Å². The van der Waals surface area contributed by atoms with Gasteiger partial charge in [0.15, 0.2) is 0 Å². The van der Waals surface area contributed by atoms with E-state index >= 15 is 0 Å². The molecule has 4 nitrogen and oxygen atoms in total. The molecule has 2 unspecified atom stereocenters. The third kappa shape index (κ3) is 2.28. The first-order valence-electron chi connectivity index (χ1n) is 6.13. The largest absolute Gasteiger partial charge is 0.331 e. The van der Waals surface area contributed by atoms with Crippen LogP contribution < -0.4 is 5.73 Å². The smallest absolute Gasteiger partial charge is 0.0950 e. The zero-order valence-corrected chi connectivity index (χ0v) is 10.3. The van der Waals surface area contributed by atoms with Crippen LogP contribution >= 0.6 is 0 Å². The highest BCUT2D eigenvalue weighted by molar-refractivity contribution is 5.02. The second-order valence-electron chi connectivity index (χ2n) is 4.84. The Labute approximate surface area is 97.4 Å². The Bertz CT molecular complexity index is 334. The summed E-state index contributed by atoms with van der Waals surface area (Å²) < 4.78 is 2.33. The normalized spacial score (nSPS) is 27.2. The van der Waals surface area contributed by atoms with Gasteiger partial charge >= 0.3 is 0 Å². The van der Waals surface area contributed by atoms with E-state index in [1.54, 1.807) is 0 Å². The lowest BCUT2D eigenvalue weighted by molar-refractivity contribution is 0.155. The van der Waals surface area contributed by atoms with Gasteiger partial charge < -0.3 is 15.2 Å². The van der Waals surface area contributed by atoms with Crippen molar-refractivity contribution in [3.63, 3.8) is 0 Å². The van der Waals surface area contributed by atoms with E-state index in [0.29, 0.717) is 18.6 Å². The molecule has 0 saturated carbocycles. The average molecular weight is 222 g/mol. The molecule has 4 heteroatoms. The van der Waals surface area contributed by atoms with Crippen molar-refractivity contribution in [2.75, 3.05) is 20.1 Å². The molecule has 1 aromatic rings. The molecule has 2 rings (SSSR count). The number of likely N-dealkylation sites (tertiary alicyclic amines) is 1. The van der Waals surface area contributed by atoms with Gasteiger partial charge in [-0.1, -0.05) is 0 Å². The molecular formula is C12H22N4. The van der Waals surface area contributed by atoms with E-state index in [1.807, 2.05) is 12.5 Å². The molecule has 0 aromatic carbocycles. The van der Waals surface area contributed by atoms with Crippen LogP contribution in [0.3, 0.4) is 0 Å². The average Bonchev–Trinajstić information content (AvgIpc) is 2.71. The quantitative estimate of drug-likeness (QED) is 0.831. The number of hydrogen-bond donors (Lipinski definition) is 1. The van der Waals surface area contributed by atoms with E-state index in [9.17, 15) is 0 Å². The van der Waals surface area contributed by atoms with Crippen LogP contribution in [0.15, 0.2) is 12.5 Å². The highest BCUT2D eigenvalue weighted by Gasteiger charge is 2.24. The summed E-state index contributed by atoms with van der Waals surface area (Å²) in [5, 5.41) is 0. The van der Waals surface area contributed by atoms with Crippen LogP contribution in [0.25, 0.3) is 0 Å². The second-order valence-corrected chi connectivity index (χ2v) is 4.84. The van der Waals surface area contributed by atoms with Crippen molar-refractivity contribution in [1.29, 1.82) is 0 Å². The van der Waals surface area contributed by atoms with Gasteiger partial charge in [0.2, 0.25) is 0 Å². The van der Waals surface area contributed by atoms with E-state index in [2.05, 4.69) is 28.4 Å². The minimum absolute atomic E-state index is 0.607. The number of hydrogen-bond acceptors (Lipinski definition) is 3. The fraction of sp³-hybridized carbons (Fsp3) is 0.750. The first kappa shape index (κ1) is 11.6. The maximum Gasteiger partial charge on any atom is 0.0950 e. The van der Waals surface area contributed by atoms with Gasteiger partial charge in [-0.2, -0.15) is 0 Å². The first-order valence-corrected chi connectivity index (χ1v) is 6.13. The summed E-state index contributed by atoms with van der Waals surface area (Å²) >= 11 is 0. The zero-order valence-electron chi connectivity index (χ0n) is 10.3. The topological polar surface area (TPSA) is 47.1 Å². The maximum absolute atomic E-state index is 5.62. The predicted molar refractivity (Wildman–Crippen MR) is 65.3 cm³/mol. The van der Waals surface area contributed by atoms with Crippen LogP contribution in [0.2, 0.25) is 0 Å². The fourth-order valence-corrected chi connectivity index (χ4v) is 2.52. The number of rotatable bonds is 3. The van der Waals surface area contributed by atoms with Crippen molar-refractivity contribution in [1.82, 2.24) is 14.5 Å². The van der Waals surface area contributed by atoms with E-state index in [0.717, 1.165) is 6.42 Å². The molecule has 0 bridgehead atoms. The Morgan fingerprint density at radius 3 is 3.06 bits per heavy atom. The fourth-order valence-electron chi connectivity index (χ4n) is 2.52. The molecule has 2 atom stereocenters. The number of aromatic nitrogens is 2. The van der Waals surface area contributed by atoms with Crippen molar-refractivity contribution in [3.8, 4) is 0 Å². The summed E-state index contributed by atoms with van der Waals surface area (Å²) in [5.74, 6) is 0. The lowest BCUT2D eigenvalue weighted by Gasteiger charge is -2.36. The number of nitrogens with zero attached hydrogens (tertiary/aromatic N) is 3. The molecule has 1 aromatic heterocycles. The minimum Gasteiger partial charge on any atom is -0.331 e. The van der Waals surface area contributed by atoms with Crippen molar-refractivity contribution in [2.24, 2.45) is 5.73 Å². The lowest BCUT2D eigenvalue weighted by Crippen LogP contribution is -2.38. The summed E-state index contributed by atoms with van der Waals surface area (Å²) in [7, 11) is 2.20. The van der Waals surface area contributed by atoms with Crippen LogP contribution in [0.5, 0.6) is 0 Å². The third-order valence-electron chi connectivity index (χ3n) is 3.72. The van der Waals surface area contributed by atoms with Gasteiger partial charge in [0.05, 0.1) is 6.33 Å². The Balaban J connectivity index is 2.09. The van der Waals surface area contributed by atoms with Crippen molar-refractivity contribution in [3.05, 3.63) is 18.2 Å². The van der Waals surface area contributed by atoms with Gasteiger partial charge in [0.1, 0.15) is 0 Å². The summed E-state index contributed by atoms with van der Waals surface area (Å²) in [6.45, 7) is 4.17. The minimum atomic E-state index is 0.607. The molecule has 2 N–H and O–H groups in total. The highest BCUT2D eigenvalue weighted by Crippen LogP contribution is 2.27. The molecule has 1 aliphatic heterocycles. The van der Waals surface area contributed by atoms with Crippen LogP contribution in [-0.4, -0.2) is 40.6 Å². The molecule has 1 fully saturated rings. The highest BCUT2D eigenvalue weighted by atomic mass is 15.2. The van der Waals surface area contributed by atoms with Crippen molar-refractivity contribution >= 4 is 0 Å². The van der Waals surface area contributed by atoms with Crippen LogP contribution in [0.1, 0.15) is 31.5 Å². The molecule has 2 heterocycles. The third-order valence-corrected chi connectivity index (χ3v) is 3.72. The number of nitrogens with two attached hydrogens (primary N) is 1. The van der Waals surface area contributed by atoms with Gasteiger partial charge in [-0.3, -0.25) is 0 Å². The van der Waals surface area contributed by atoms with Gasteiger partial charge in [-0.15, -0.1) is 0 Å². The van der Waals surface area contributed by atoms with Crippen LogP contribution in [-0.2, 0) is 6.42 Å². The SMILES string of the molecule is CC1CC(n2cncc2CCN)CCN1C. The molecule has 0 radical (unpaired) electrons. The van der Waals surface area contributed by atoms with Crippen molar-refractivity contribution < 1.29 is 0 Å². The summed E-state index contributed by atoms with van der Waals surface area (Å²) in [6, 6.07) is 1.27. The molecule has 1 aliphatic rings. The predicted octanol–water partition coefficient (Wildman–Crippen LogP) is 1.04. The molecule has 0 aliphatic carbocycles. The summed E-state index contributed by atoms with van der Waals surface area (Å²) in [5.41, 5.74) is 6.90. The Hall–Kier alpha value is -0.870. The first-order chi connectivity index (χ1) is 7.72. The molecule has 90 valence electrons. The second kappa shape index (κ2) is 4.97. The maximum atomic E-state index is 5.62. The van der Waals surface area contributed by atoms with Gasteiger partial charge in [0.25, 0.3) is 0 Å². The number of imidazole rings is 1. The number of piperidine rings is 1. The van der Waals surface area contributed by atoms with Gasteiger partial charge in [0, 0.05) is 36.9 Å². The monoisotopic (exact) mass is 222 g/mol. The van der Waals surface area contributed by atoms with Crippen LogP contribution in [0.4, 0.5) is 0 Å². The van der Waals surface area contributed by atoms with E-state index < -0.39 is 0 Å². The van der Waals surface area contributed by atoms with Crippen molar-refractivity contribution in [2.45, 2.75) is 38.3 Å². The lowest BCUT2D eigenvalue weighted by atomic mass is 9.98. The summed E-state index contributed by atoms with van der Waals surface area (Å²) in [4.78, 5) is 6.68. The Morgan fingerprint density at radius 1 is 1.56 bits per heavy atom. The summed E-state index contributed by atoms with van der Waals surface area (Å²) in [6.07, 6.45) is 7.28. The van der Waals surface area contributed by atoms with Gasteiger partial charge in [-0.05, 0) is 33.4 Å². The standard InChI is InChI=1S/C12H22N4/c1-10-7-11(4-6-15(10)2)16-9-14-8-12(16)3-5-13/h8-11H,3-7,13H2,1-2H3. The molecule has 0 spiro atoms. The molecule has 1 saturated heterocycles. The zero-order chi connectivity index (χ0) is 11.5. The molecule has 16 heavy (non-hydrogen) atoms. The molecular weight excluding hydrogens is 200 g/mol. The Kier molecular flexibility index (Phi) is 3.61. The Morgan fingerprint density at radius 2 is 2.38 bits per heavy atom. The van der Waals surface area contributed by atoms with Gasteiger partial charge in [-0.25, -0.2) is 4.98 Å². The van der Waals surface area contributed by atoms with E-state index in [1.165, 1.54) is 25.1 Å².